The van der Waals surface area contributed by atoms with Gasteiger partial charge in [0.25, 0.3) is 0 Å². The summed E-state index contributed by atoms with van der Waals surface area (Å²) in [5.74, 6) is 0.344. The number of anilines is 3. The highest BCUT2D eigenvalue weighted by molar-refractivity contribution is 6.37. The third kappa shape index (κ3) is 7.16. The van der Waals surface area contributed by atoms with Crippen LogP contribution in [0.25, 0.3) is 0 Å². The number of amides is 2. The number of nitrogens with one attached hydrogen (secondary N) is 1. The number of benzene rings is 2. The molecule has 9 nitrogen and oxygen atoms in total. The van der Waals surface area contributed by atoms with Gasteiger partial charge in [0.15, 0.2) is 0 Å². The summed E-state index contributed by atoms with van der Waals surface area (Å²) in [5.41, 5.74) is 4.55. The van der Waals surface area contributed by atoms with Crippen LogP contribution in [0.5, 0.6) is 5.75 Å². The van der Waals surface area contributed by atoms with Gasteiger partial charge in [0.05, 0.1) is 37.5 Å². The smallest absolute Gasteiger partial charge is 0.247 e. The molecule has 41 heavy (non-hydrogen) atoms. The SMILES string of the molecule is C=CC(=O)Nc1cc(N2CCOCC2)ccc1Cc1cc(N(C)C(=O)Cc2c(Cl)c(CC)cc(OC)c2Cl)ncn1. The van der Waals surface area contributed by atoms with E-state index < -0.39 is 0 Å². The zero-order chi connectivity index (χ0) is 29.5. The van der Waals surface area contributed by atoms with Crippen molar-refractivity contribution in [1.29, 1.82) is 0 Å². The van der Waals surface area contributed by atoms with Crippen molar-refractivity contribution in [2.24, 2.45) is 0 Å². The molecule has 11 heteroatoms. The van der Waals surface area contributed by atoms with Gasteiger partial charge < -0.3 is 19.7 Å². The molecule has 1 fully saturated rings. The Bertz CT molecular complexity index is 1410. The van der Waals surface area contributed by atoms with Crippen LogP contribution in [0.15, 0.2) is 49.3 Å². The van der Waals surface area contributed by atoms with Crippen molar-refractivity contribution in [2.45, 2.75) is 26.2 Å². The van der Waals surface area contributed by atoms with Crippen LogP contribution in [-0.2, 0) is 33.6 Å². The number of hydrogen-bond donors (Lipinski definition) is 1. The Hall–Kier alpha value is -3.66. The van der Waals surface area contributed by atoms with Gasteiger partial charge in [-0.15, -0.1) is 0 Å². The Labute approximate surface area is 250 Å². The lowest BCUT2D eigenvalue weighted by Crippen LogP contribution is -2.36. The molecule has 1 saturated heterocycles. The molecule has 0 spiro atoms. The number of morpholine rings is 1. The van der Waals surface area contributed by atoms with Crippen molar-refractivity contribution in [3.8, 4) is 5.75 Å². The molecule has 0 bridgehead atoms. The number of hydrogen-bond acceptors (Lipinski definition) is 7. The zero-order valence-corrected chi connectivity index (χ0v) is 24.9. The summed E-state index contributed by atoms with van der Waals surface area (Å²) < 4.78 is 10.9. The molecule has 1 aliphatic heterocycles. The molecular weight excluding hydrogens is 565 g/mol. The van der Waals surface area contributed by atoms with Crippen molar-refractivity contribution >= 4 is 52.2 Å². The number of halogens is 2. The van der Waals surface area contributed by atoms with E-state index in [4.69, 9.17) is 32.7 Å². The van der Waals surface area contributed by atoms with Crippen LogP contribution in [0.3, 0.4) is 0 Å². The molecular formula is C30H33Cl2N5O4. The maximum Gasteiger partial charge on any atom is 0.247 e. The molecule has 4 rings (SSSR count). The van der Waals surface area contributed by atoms with Crippen molar-refractivity contribution in [3.05, 3.63) is 81.7 Å². The van der Waals surface area contributed by atoms with Gasteiger partial charge in [0, 0.05) is 54.6 Å². The first-order chi connectivity index (χ1) is 19.7. The number of ether oxygens (including phenoxy) is 2. The van der Waals surface area contributed by atoms with Crippen molar-refractivity contribution in [1.82, 2.24) is 9.97 Å². The third-order valence-corrected chi connectivity index (χ3v) is 7.86. The minimum atomic E-state index is -0.305. The molecule has 1 aromatic heterocycles. The van der Waals surface area contributed by atoms with Gasteiger partial charge in [-0.1, -0.05) is 42.8 Å². The monoisotopic (exact) mass is 597 g/mol. The molecule has 0 unspecified atom stereocenters. The summed E-state index contributed by atoms with van der Waals surface area (Å²) in [6.07, 6.45) is 3.69. The van der Waals surface area contributed by atoms with Crippen molar-refractivity contribution in [2.75, 3.05) is 55.6 Å². The van der Waals surface area contributed by atoms with E-state index in [2.05, 4.69) is 26.8 Å². The summed E-state index contributed by atoms with van der Waals surface area (Å²) in [6, 6.07) is 9.48. The largest absolute Gasteiger partial charge is 0.495 e. The molecule has 2 amide bonds. The third-order valence-electron chi connectivity index (χ3n) is 6.97. The maximum atomic E-state index is 13.3. The Morgan fingerprint density at radius 1 is 1.15 bits per heavy atom. The predicted octanol–water partition coefficient (Wildman–Crippen LogP) is 5.11. The Morgan fingerprint density at radius 3 is 2.59 bits per heavy atom. The van der Waals surface area contributed by atoms with Gasteiger partial charge in [-0.3, -0.25) is 14.5 Å². The van der Waals surface area contributed by atoms with Gasteiger partial charge in [-0.25, -0.2) is 9.97 Å². The number of rotatable bonds is 10. The van der Waals surface area contributed by atoms with E-state index in [1.807, 2.05) is 25.1 Å². The van der Waals surface area contributed by atoms with Gasteiger partial charge in [0.1, 0.15) is 17.9 Å². The number of aryl methyl sites for hydroxylation is 1. The van der Waals surface area contributed by atoms with Gasteiger partial charge in [-0.2, -0.15) is 0 Å². The van der Waals surface area contributed by atoms with Gasteiger partial charge in [-0.05, 0) is 41.8 Å². The molecule has 0 aliphatic carbocycles. The minimum Gasteiger partial charge on any atom is -0.495 e. The van der Waals surface area contributed by atoms with Gasteiger partial charge >= 0.3 is 0 Å². The molecule has 3 aromatic rings. The summed E-state index contributed by atoms with van der Waals surface area (Å²) in [6.45, 7) is 8.40. The number of nitrogens with zero attached hydrogens (tertiary/aromatic N) is 4. The number of methoxy groups -OCH3 is 1. The lowest BCUT2D eigenvalue weighted by Gasteiger charge is -2.29. The molecule has 216 valence electrons. The van der Waals surface area contributed by atoms with E-state index >= 15 is 0 Å². The highest BCUT2D eigenvalue weighted by atomic mass is 35.5. The second-order valence-corrected chi connectivity index (χ2v) is 10.3. The van der Waals surface area contributed by atoms with Crippen LogP contribution in [-0.4, -0.2) is 62.2 Å². The first-order valence-electron chi connectivity index (χ1n) is 13.3. The normalized spacial score (nSPS) is 13.0. The molecule has 0 radical (unpaired) electrons. The molecule has 1 N–H and O–H groups in total. The predicted molar refractivity (Wildman–Crippen MR) is 163 cm³/mol. The highest BCUT2D eigenvalue weighted by Crippen LogP contribution is 2.37. The standard InChI is InChI=1S/C30H33Cl2N5O4/c1-5-19-14-25(40-4)30(32)23(29(19)31)17-28(39)36(3)26-15-21(33-18-34-26)13-20-7-8-22(37-9-11-41-12-10-37)16-24(20)35-27(38)6-2/h6-8,14-16,18H,2,5,9-13,17H2,1,3-4H3,(H,35,38). The van der Waals surface area contributed by atoms with E-state index in [1.54, 1.807) is 19.2 Å². The summed E-state index contributed by atoms with van der Waals surface area (Å²) >= 11 is 13.1. The van der Waals surface area contributed by atoms with E-state index in [0.29, 0.717) is 64.6 Å². The van der Waals surface area contributed by atoms with Crippen LogP contribution < -0.4 is 19.9 Å². The average molecular weight is 599 g/mol. The van der Waals surface area contributed by atoms with Crippen LogP contribution in [0.1, 0.15) is 29.3 Å². The fraction of sp³-hybridized carbons (Fsp3) is 0.333. The molecule has 2 heterocycles. The molecule has 1 aliphatic rings. The van der Waals surface area contributed by atoms with Crippen LogP contribution in [0.2, 0.25) is 10.0 Å². The number of carbonyl (C=O) groups is 2. The summed E-state index contributed by atoms with van der Waals surface area (Å²) in [4.78, 5) is 37.9. The minimum absolute atomic E-state index is 0.0293. The average Bonchev–Trinajstić information content (AvgIpc) is 3.00. The lowest BCUT2D eigenvalue weighted by atomic mass is 10.0. The summed E-state index contributed by atoms with van der Waals surface area (Å²) in [5, 5.41) is 3.68. The summed E-state index contributed by atoms with van der Waals surface area (Å²) in [7, 11) is 3.17. The number of aromatic nitrogens is 2. The first kappa shape index (κ1) is 30.3. The van der Waals surface area contributed by atoms with Crippen LogP contribution in [0.4, 0.5) is 17.2 Å². The fourth-order valence-electron chi connectivity index (χ4n) is 4.58. The maximum absolute atomic E-state index is 13.3. The second-order valence-electron chi connectivity index (χ2n) is 9.51. The van der Waals surface area contributed by atoms with Crippen molar-refractivity contribution in [3.63, 3.8) is 0 Å². The molecule has 0 atom stereocenters. The zero-order valence-electron chi connectivity index (χ0n) is 23.4. The van der Waals surface area contributed by atoms with Crippen molar-refractivity contribution < 1.29 is 19.1 Å². The first-order valence-corrected chi connectivity index (χ1v) is 14.0. The number of likely N-dealkylation sites (N-methyl/N-ethyl adjacent to an activating group) is 1. The molecule has 0 saturated carbocycles. The van der Waals surface area contributed by atoms with E-state index in [0.717, 1.165) is 29.9 Å². The van der Waals surface area contributed by atoms with Crippen LogP contribution in [0, 0.1) is 0 Å². The Kier molecular flexibility index (Phi) is 10.2. The van der Waals surface area contributed by atoms with E-state index in [1.165, 1.54) is 24.4 Å². The van der Waals surface area contributed by atoms with E-state index in [-0.39, 0.29) is 18.2 Å². The highest BCUT2D eigenvalue weighted by Gasteiger charge is 2.22. The fourth-order valence-corrected chi connectivity index (χ4v) is 5.27. The Morgan fingerprint density at radius 2 is 1.90 bits per heavy atom. The molecule has 2 aromatic carbocycles. The topological polar surface area (TPSA) is 96.9 Å². The van der Waals surface area contributed by atoms with Gasteiger partial charge in [0.2, 0.25) is 11.8 Å². The quantitative estimate of drug-likeness (QED) is 0.324. The van der Waals surface area contributed by atoms with E-state index in [9.17, 15) is 9.59 Å². The second kappa shape index (κ2) is 13.8. The lowest BCUT2D eigenvalue weighted by molar-refractivity contribution is -0.117. The van der Waals surface area contributed by atoms with Crippen LogP contribution >= 0.6 is 23.2 Å². The Balaban J connectivity index is 1.56. The number of carbonyl (C=O) groups excluding carboxylic acids is 2.